The summed E-state index contributed by atoms with van der Waals surface area (Å²) in [7, 11) is 2.16. The van der Waals surface area contributed by atoms with Crippen LogP contribution in [0.5, 0.6) is 0 Å². The largest absolute Gasteiger partial charge is 0.326 e. The molecule has 0 spiro atoms. The minimum absolute atomic E-state index is 0.353. The maximum atomic E-state index is 5.74. The summed E-state index contributed by atoms with van der Waals surface area (Å²) in [6.45, 7) is 3.82. The summed E-state index contributed by atoms with van der Waals surface area (Å²) in [5.74, 6) is 3.25. The first-order valence-corrected chi connectivity index (χ1v) is 7.74. The molecule has 100 valence electrons. The van der Waals surface area contributed by atoms with Gasteiger partial charge in [-0.2, -0.15) is 11.8 Å². The molecule has 2 heterocycles. The van der Waals surface area contributed by atoms with Gasteiger partial charge in [0.2, 0.25) is 0 Å². The maximum absolute atomic E-state index is 5.74. The molecule has 18 heavy (non-hydrogen) atoms. The molecule has 1 aliphatic heterocycles. The van der Waals surface area contributed by atoms with Crippen molar-refractivity contribution >= 4 is 11.8 Å². The Morgan fingerprint density at radius 3 is 3.06 bits per heavy atom. The Balaban J connectivity index is 2.24. The second-order valence-electron chi connectivity index (χ2n) is 4.73. The summed E-state index contributed by atoms with van der Waals surface area (Å²) in [6.07, 6.45) is 4.00. The number of hydrogen-bond acceptors (Lipinski definition) is 5. The van der Waals surface area contributed by atoms with Gasteiger partial charge >= 0.3 is 0 Å². The van der Waals surface area contributed by atoms with Gasteiger partial charge in [-0.25, -0.2) is 9.97 Å². The number of hydrogen-bond donors (Lipinski definition) is 1. The molecule has 1 atom stereocenters. The number of aryl methyl sites for hydroxylation is 1. The molecule has 1 fully saturated rings. The van der Waals surface area contributed by atoms with E-state index in [1.54, 1.807) is 0 Å². The SMILES string of the molecule is CCCc1nc(C2CSCCN2C)ncc1CN. The quantitative estimate of drug-likeness (QED) is 0.897. The van der Waals surface area contributed by atoms with Crippen LogP contribution in [0.4, 0.5) is 0 Å². The smallest absolute Gasteiger partial charge is 0.146 e. The fourth-order valence-corrected chi connectivity index (χ4v) is 3.41. The standard InChI is InChI=1S/C13H22N4S/c1-3-4-11-10(7-14)8-15-13(16-11)12-9-18-6-5-17(12)2/h8,12H,3-7,9,14H2,1-2H3. The molecule has 5 heteroatoms. The summed E-state index contributed by atoms with van der Waals surface area (Å²) < 4.78 is 0. The predicted molar refractivity (Wildman–Crippen MR) is 76.6 cm³/mol. The van der Waals surface area contributed by atoms with Crippen LogP contribution in [0.25, 0.3) is 0 Å². The van der Waals surface area contributed by atoms with E-state index in [1.807, 2.05) is 18.0 Å². The van der Waals surface area contributed by atoms with Crippen molar-refractivity contribution in [1.82, 2.24) is 14.9 Å². The Bertz CT molecular complexity index is 397. The van der Waals surface area contributed by atoms with Gasteiger partial charge in [-0.1, -0.05) is 13.3 Å². The monoisotopic (exact) mass is 266 g/mol. The zero-order valence-electron chi connectivity index (χ0n) is 11.2. The molecule has 1 aromatic heterocycles. The van der Waals surface area contributed by atoms with E-state index in [4.69, 9.17) is 10.7 Å². The Labute approximate surface area is 113 Å². The number of aromatic nitrogens is 2. The number of thioether (sulfide) groups is 1. The summed E-state index contributed by atoms with van der Waals surface area (Å²) in [5.41, 5.74) is 7.97. The van der Waals surface area contributed by atoms with E-state index in [9.17, 15) is 0 Å². The third kappa shape index (κ3) is 3.02. The van der Waals surface area contributed by atoms with Gasteiger partial charge in [-0.3, -0.25) is 4.90 Å². The van der Waals surface area contributed by atoms with Gasteiger partial charge in [0.1, 0.15) is 5.82 Å². The molecule has 0 saturated carbocycles. The lowest BCUT2D eigenvalue weighted by Gasteiger charge is -2.31. The minimum atomic E-state index is 0.353. The van der Waals surface area contributed by atoms with Gasteiger partial charge in [0.05, 0.1) is 6.04 Å². The average molecular weight is 266 g/mol. The summed E-state index contributed by atoms with van der Waals surface area (Å²) in [4.78, 5) is 11.6. The third-order valence-corrected chi connectivity index (χ3v) is 4.40. The molecule has 0 amide bonds. The van der Waals surface area contributed by atoms with Crippen LogP contribution in [0.1, 0.15) is 36.5 Å². The molecular weight excluding hydrogens is 244 g/mol. The van der Waals surface area contributed by atoms with Gasteiger partial charge in [0, 0.05) is 42.0 Å². The Kier molecular flexibility index (Phi) is 4.97. The zero-order chi connectivity index (χ0) is 13.0. The second kappa shape index (κ2) is 6.50. The topological polar surface area (TPSA) is 55.0 Å². The molecule has 0 aliphatic carbocycles. The molecule has 1 aromatic rings. The van der Waals surface area contributed by atoms with E-state index in [1.165, 1.54) is 5.75 Å². The van der Waals surface area contributed by atoms with Crippen LogP contribution in [0.15, 0.2) is 6.20 Å². The molecule has 0 aromatic carbocycles. The molecule has 1 unspecified atom stereocenters. The van der Waals surface area contributed by atoms with Gasteiger partial charge in [-0.05, 0) is 13.5 Å². The highest BCUT2D eigenvalue weighted by atomic mass is 32.2. The van der Waals surface area contributed by atoms with Crippen LogP contribution in [0.2, 0.25) is 0 Å². The van der Waals surface area contributed by atoms with E-state index in [0.29, 0.717) is 12.6 Å². The van der Waals surface area contributed by atoms with Crippen molar-refractivity contribution in [1.29, 1.82) is 0 Å². The van der Waals surface area contributed by atoms with Crippen molar-refractivity contribution in [3.8, 4) is 0 Å². The van der Waals surface area contributed by atoms with E-state index in [2.05, 4.69) is 23.9 Å². The highest BCUT2D eigenvalue weighted by Crippen LogP contribution is 2.26. The molecule has 1 aliphatic rings. The maximum Gasteiger partial charge on any atom is 0.146 e. The number of nitrogens with two attached hydrogens (primary N) is 1. The first kappa shape index (κ1) is 13.8. The van der Waals surface area contributed by atoms with E-state index in [-0.39, 0.29) is 0 Å². The molecule has 2 N–H and O–H groups in total. The average Bonchev–Trinajstić information content (AvgIpc) is 2.40. The van der Waals surface area contributed by atoms with E-state index < -0.39 is 0 Å². The summed E-state index contributed by atoms with van der Waals surface area (Å²) in [5, 5.41) is 0. The van der Waals surface area contributed by atoms with Crippen LogP contribution in [-0.2, 0) is 13.0 Å². The molecule has 0 radical (unpaired) electrons. The Morgan fingerprint density at radius 1 is 1.56 bits per heavy atom. The van der Waals surface area contributed by atoms with Gasteiger partial charge in [-0.15, -0.1) is 0 Å². The second-order valence-corrected chi connectivity index (χ2v) is 5.88. The first-order valence-electron chi connectivity index (χ1n) is 6.59. The van der Waals surface area contributed by atoms with Crippen molar-refractivity contribution in [3.63, 3.8) is 0 Å². The molecule has 0 bridgehead atoms. The van der Waals surface area contributed by atoms with Crippen LogP contribution in [0.3, 0.4) is 0 Å². The summed E-state index contributed by atoms with van der Waals surface area (Å²) >= 11 is 1.98. The van der Waals surface area contributed by atoms with Crippen LogP contribution < -0.4 is 5.73 Å². The van der Waals surface area contributed by atoms with Crippen LogP contribution >= 0.6 is 11.8 Å². The van der Waals surface area contributed by atoms with Gasteiger partial charge in [0.25, 0.3) is 0 Å². The molecule has 4 nitrogen and oxygen atoms in total. The minimum Gasteiger partial charge on any atom is -0.326 e. The number of rotatable bonds is 4. The molecule has 2 rings (SSSR count). The number of nitrogens with zero attached hydrogens (tertiary/aromatic N) is 3. The lowest BCUT2D eigenvalue weighted by atomic mass is 10.1. The van der Waals surface area contributed by atoms with Crippen molar-refractivity contribution in [2.45, 2.75) is 32.4 Å². The molecular formula is C13H22N4S. The highest BCUT2D eigenvalue weighted by Gasteiger charge is 2.24. The van der Waals surface area contributed by atoms with Crippen molar-refractivity contribution in [2.24, 2.45) is 5.73 Å². The Hall–Kier alpha value is -0.650. The lowest BCUT2D eigenvalue weighted by Crippen LogP contribution is -2.34. The van der Waals surface area contributed by atoms with Crippen LogP contribution in [0, 0.1) is 0 Å². The highest BCUT2D eigenvalue weighted by molar-refractivity contribution is 7.99. The normalized spacial score (nSPS) is 21.2. The fraction of sp³-hybridized carbons (Fsp3) is 0.692. The fourth-order valence-electron chi connectivity index (χ4n) is 2.20. The van der Waals surface area contributed by atoms with E-state index >= 15 is 0 Å². The Morgan fingerprint density at radius 2 is 2.39 bits per heavy atom. The molecule has 1 saturated heterocycles. The van der Waals surface area contributed by atoms with Crippen molar-refractivity contribution < 1.29 is 0 Å². The van der Waals surface area contributed by atoms with Crippen molar-refractivity contribution in [3.05, 3.63) is 23.3 Å². The van der Waals surface area contributed by atoms with Gasteiger partial charge < -0.3 is 5.73 Å². The van der Waals surface area contributed by atoms with Gasteiger partial charge in [0.15, 0.2) is 0 Å². The summed E-state index contributed by atoms with van der Waals surface area (Å²) in [6, 6.07) is 0.353. The van der Waals surface area contributed by atoms with Crippen LogP contribution in [-0.4, -0.2) is 40.0 Å². The van der Waals surface area contributed by atoms with E-state index in [0.717, 1.165) is 42.2 Å². The van der Waals surface area contributed by atoms with Crippen molar-refractivity contribution in [2.75, 3.05) is 25.1 Å². The predicted octanol–water partition coefficient (Wildman–Crippen LogP) is 1.61. The first-order chi connectivity index (χ1) is 8.76. The third-order valence-electron chi connectivity index (χ3n) is 3.37. The zero-order valence-corrected chi connectivity index (χ0v) is 12.0. The lowest BCUT2D eigenvalue weighted by molar-refractivity contribution is 0.264.